The van der Waals surface area contributed by atoms with Crippen molar-refractivity contribution in [3.63, 3.8) is 0 Å². The average Bonchev–Trinajstić information content (AvgIpc) is 3.20. The fraction of sp³-hybridized carbons (Fsp3) is 0.444. The molecule has 126 valence electrons. The van der Waals surface area contributed by atoms with Gasteiger partial charge in [0, 0.05) is 36.4 Å². The minimum atomic E-state index is 0.0366. The maximum Gasteiger partial charge on any atom is 0.257 e. The van der Waals surface area contributed by atoms with Crippen LogP contribution in [0.4, 0.5) is 0 Å². The summed E-state index contributed by atoms with van der Waals surface area (Å²) < 4.78 is 1.69. The number of nitrogens with one attached hydrogen (secondary N) is 1. The van der Waals surface area contributed by atoms with Gasteiger partial charge < -0.3 is 10.2 Å². The van der Waals surface area contributed by atoms with Crippen LogP contribution < -0.4 is 5.32 Å². The van der Waals surface area contributed by atoms with Crippen LogP contribution in [0.25, 0.3) is 5.69 Å². The maximum atomic E-state index is 12.8. The Labute approximate surface area is 146 Å². The molecule has 2 unspecified atom stereocenters. The van der Waals surface area contributed by atoms with Crippen molar-refractivity contribution in [3.05, 3.63) is 47.2 Å². The van der Waals surface area contributed by atoms with Gasteiger partial charge in [-0.1, -0.05) is 17.7 Å². The topological polar surface area (TPSA) is 50.2 Å². The number of hydrogen-bond acceptors (Lipinski definition) is 3. The van der Waals surface area contributed by atoms with Gasteiger partial charge in [0.25, 0.3) is 5.91 Å². The van der Waals surface area contributed by atoms with E-state index in [2.05, 4.69) is 10.4 Å². The molecule has 6 heteroatoms. The van der Waals surface area contributed by atoms with Gasteiger partial charge in [-0.3, -0.25) is 4.79 Å². The second-order valence-electron chi connectivity index (χ2n) is 6.83. The Morgan fingerprint density at radius 1 is 1.33 bits per heavy atom. The number of carbonyl (C=O) groups is 1. The van der Waals surface area contributed by atoms with E-state index in [0.29, 0.717) is 28.7 Å². The highest BCUT2D eigenvalue weighted by molar-refractivity contribution is 6.30. The number of amides is 1. The van der Waals surface area contributed by atoms with Crippen molar-refractivity contribution < 1.29 is 4.79 Å². The highest BCUT2D eigenvalue weighted by atomic mass is 35.5. The summed E-state index contributed by atoms with van der Waals surface area (Å²) in [7, 11) is 1.91. The van der Waals surface area contributed by atoms with Crippen LogP contribution in [0.15, 0.2) is 36.7 Å². The summed E-state index contributed by atoms with van der Waals surface area (Å²) in [5.41, 5.74) is 1.47. The van der Waals surface area contributed by atoms with Crippen LogP contribution in [0.5, 0.6) is 0 Å². The number of benzene rings is 1. The second kappa shape index (κ2) is 6.22. The predicted molar refractivity (Wildman–Crippen MR) is 93.6 cm³/mol. The number of fused-ring (bicyclic) bond motifs is 2. The van der Waals surface area contributed by atoms with E-state index >= 15 is 0 Å². The van der Waals surface area contributed by atoms with Gasteiger partial charge in [-0.05, 0) is 43.9 Å². The van der Waals surface area contributed by atoms with E-state index in [-0.39, 0.29) is 5.91 Å². The summed E-state index contributed by atoms with van der Waals surface area (Å²) in [6, 6.07) is 8.89. The molecule has 0 aliphatic carbocycles. The smallest absolute Gasteiger partial charge is 0.257 e. The molecule has 2 atom stereocenters. The van der Waals surface area contributed by atoms with Gasteiger partial charge in [-0.15, -0.1) is 0 Å². The first kappa shape index (κ1) is 15.7. The zero-order valence-electron chi connectivity index (χ0n) is 13.7. The summed E-state index contributed by atoms with van der Waals surface area (Å²) in [5, 5.41) is 8.59. The average molecular weight is 345 g/mol. The number of hydrogen-bond donors (Lipinski definition) is 1. The largest absolute Gasteiger partial charge is 0.339 e. The summed E-state index contributed by atoms with van der Waals surface area (Å²) >= 11 is 6.03. The van der Waals surface area contributed by atoms with Gasteiger partial charge in [0.1, 0.15) is 0 Å². The molecule has 1 aromatic heterocycles. The van der Waals surface area contributed by atoms with Crippen molar-refractivity contribution in [1.82, 2.24) is 20.0 Å². The Balaban J connectivity index is 1.50. The molecule has 2 bridgehead atoms. The highest BCUT2D eigenvalue weighted by Gasteiger charge is 2.36. The van der Waals surface area contributed by atoms with Gasteiger partial charge in [0.2, 0.25) is 0 Å². The van der Waals surface area contributed by atoms with Crippen molar-refractivity contribution in [3.8, 4) is 5.69 Å². The van der Waals surface area contributed by atoms with Crippen molar-refractivity contribution in [1.29, 1.82) is 0 Å². The third-order valence-corrected chi connectivity index (χ3v) is 5.45. The molecule has 3 heterocycles. The first-order valence-electron chi connectivity index (χ1n) is 8.44. The molecule has 0 spiro atoms. The SMILES string of the molecule is CN(C(=O)c1cnn(-c2cccc(Cl)c2)c1)C1CC2CCC(C1)N2. The second-order valence-corrected chi connectivity index (χ2v) is 7.27. The van der Waals surface area contributed by atoms with Gasteiger partial charge in [0.05, 0.1) is 17.4 Å². The fourth-order valence-corrected chi connectivity index (χ4v) is 4.09. The molecule has 24 heavy (non-hydrogen) atoms. The Bertz CT molecular complexity index is 747. The lowest BCUT2D eigenvalue weighted by atomic mass is 9.98. The molecule has 2 aromatic rings. The fourth-order valence-electron chi connectivity index (χ4n) is 3.91. The van der Waals surface area contributed by atoms with Crippen LogP contribution in [0.3, 0.4) is 0 Å². The van der Waals surface area contributed by atoms with Crippen molar-refractivity contribution in [2.75, 3.05) is 7.05 Å². The first-order valence-corrected chi connectivity index (χ1v) is 8.82. The van der Waals surface area contributed by atoms with Crippen molar-refractivity contribution in [2.24, 2.45) is 0 Å². The monoisotopic (exact) mass is 344 g/mol. The lowest BCUT2D eigenvalue weighted by molar-refractivity contribution is 0.0681. The van der Waals surface area contributed by atoms with Crippen LogP contribution >= 0.6 is 11.6 Å². The lowest BCUT2D eigenvalue weighted by Crippen LogP contribution is -2.48. The third kappa shape index (κ3) is 2.94. The van der Waals surface area contributed by atoms with Crippen LogP contribution in [0.1, 0.15) is 36.0 Å². The molecule has 0 radical (unpaired) electrons. The number of piperidine rings is 1. The molecular weight excluding hydrogens is 324 g/mol. The molecule has 5 nitrogen and oxygen atoms in total. The summed E-state index contributed by atoms with van der Waals surface area (Å²) in [6.07, 6.45) is 7.96. The molecule has 2 aliphatic heterocycles. The molecular formula is C18H21ClN4O. The van der Waals surface area contributed by atoms with E-state index in [9.17, 15) is 4.79 Å². The van der Waals surface area contributed by atoms with Crippen LogP contribution in [-0.2, 0) is 0 Å². The van der Waals surface area contributed by atoms with E-state index in [1.54, 1.807) is 17.1 Å². The zero-order chi connectivity index (χ0) is 16.7. The molecule has 1 amide bonds. The van der Waals surface area contributed by atoms with Crippen LogP contribution in [-0.4, -0.2) is 45.8 Å². The van der Waals surface area contributed by atoms with Crippen LogP contribution in [0, 0.1) is 0 Å². The Morgan fingerprint density at radius 2 is 2.08 bits per heavy atom. The minimum absolute atomic E-state index is 0.0366. The molecule has 4 rings (SSSR count). The minimum Gasteiger partial charge on any atom is -0.339 e. The normalized spacial score (nSPS) is 25.7. The summed E-state index contributed by atoms with van der Waals surface area (Å²) in [5.74, 6) is 0.0366. The first-order chi connectivity index (χ1) is 11.6. The Morgan fingerprint density at radius 3 is 2.79 bits per heavy atom. The Kier molecular flexibility index (Phi) is 4.06. The number of rotatable bonds is 3. The summed E-state index contributed by atoms with van der Waals surface area (Å²) in [6.45, 7) is 0. The van der Waals surface area contributed by atoms with E-state index in [1.807, 2.05) is 36.2 Å². The molecule has 2 fully saturated rings. The molecule has 0 saturated carbocycles. The van der Waals surface area contributed by atoms with Crippen LogP contribution in [0.2, 0.25) is 5.02 Å². The standard InChI is InChI=1S/C18H21ClN4O/c1-22(17-8-14-5-6-15(9-17)21-14)18(24)12-10-20-23(11-12)16-4-2-3-13(19)7-16/h2-4,7,10-11,14-15,17,21H,5-6,8-9H2,1H3. The molecule has 1 N–H and O–H groups in total. The van der Waals surface area contributed by atoms with E-state index in [0.717, 1.165) is 18.5 Å². The van der Waals surface area contributed by atoms with Gasteiger partial charge in [-0.25, -0.2) is 4.68 Å². The number of halogens is 1. The van der Waals surface area contributed by atoms with Crippen molar-refractivity contribution >= 4 is 17.5 Å². The van der Waals surface area contributed by atoms with Gasteiger partial charge in [0.15, 0.2) is 0 Å². The molecule has 1 aromatic carbocycles. The molecule has 2 saturated heterocycles. The van der Waals surface area contributed by atoms with E-state index in [4.69, 9.17) is 11.6 Å². The maximum absolute atomic E-state index is 12.8. The molecule has 2 aliphatic rings. The quantitative estimate of drug-likeness (QED) is 0.931. The number of carbonyl (C=O) groups excluding carboxylic acids is 1. The summed E-state index contributed by atoms with van der Waals surface area (Å²) in [4.78, 5) is 14.7. The zero-order valence-corrected chi connectivity index (χ0v) is 14.4. The van der Waals surface area contributed by atoms with E-state index < -0.39 is 0 Å². The lowest BCUT2D eigenvalue weighted by Gasteiger charge is -2.35. The third-order valence-electron chi connectivity index (χ3n) is 5.22. The van der Waals surface area contributed by atoms with Gasteiger partial charge in [-0.2, -0.15) is 5.10 Å². The van der Waals surface area contributed by atoms with Crippen molar-refractivity contribution in [2.45, 2.75) is 43.8 Å². The predicted octanol–water partition coefficient (Wildman–Crippen LogP) is 2.88. The van der Waals surface area contributed by atoms with E-state index in [1.165, 1.54) is 12.8 Å². The van der Waals surface area contributed by atoms with Gasteiger partial charge >= 0.3 is 0 Å². The number of aromatic nitrogens is 2. The Hall–Kier alpha value is -1.85. The number of nitrogens with zero attached hydrogens (tertiary/aromatic N) is 3. The highest BCUT2D eigenvalue weighted by Crippen LogP contribution is 2.29.